The van der Waals surface area contributed by atoms with E-state index >= 15 is 0 Å². The molecule has 0 aliphatic heterocycles. The van der Waals surface area contributed by atoms with E-state index in [1.807, 2.05) is 44.2 Å². The number of aromatic nitrogens is 1. The predicted octanol–water partition coefficient (Wildman–Crippen LogP) is 4.48. The van der Waals surface area contributed by atoms with Gasteiger partial charge in [-0.25, -0.2) is 0 Å². The van der Waals surface area contributed by atoms with Crippen molar-refractivity contribution in [3.8, 4) is 0 Å². The van der Waals surface area contributed by atoms with Gasteiger partial charge in [0.1, 0.15) is 0 Å². The molecule has 0 bridgehead atoms. The summed E-state index contributed by atoms with van der Waals surface area (Å²) in [5.74, 6) is 0.175. The molecule has 5 heteroatoms. The molecule has 4 nitrogen and oxygen atoms in total. The minimum absolute atomic E-state index is 0.108. The zero-order valence-corrected chi connectivity index (χ0v) is 15.6. The molecule has 0 aliphatic carbocycles. The quantitative estimate of drug-likeness (QED) is 0.721. The number of carbonyl (C=O) groups is 1. The number of halogens is 1. The number of hydrogen-bond acceptors (Lipinski definition) is 2. The van der Waals surface area contributed by atoms with E-state index in [4.69, 9.17) is 11.6 Å². The van der Waals surface area contributed by atoms with Crippen molar-refractivity contribution in [2.45, 2.75) is 20.4 Å². The number of rotatable bonds is 5. The van der Waals surface area contributed by atoms with Gasteiger partial charge in [-0.3, -0.25) is 9.59 Å². The van der Waals surface area contributed by atoms with Crippen LogP contribution in [-0.4, -0.2) is 22.3 Å². The predicted molar refractivity (Wildman–Crippen MR) is 106 cm³/mol. The van der Waals surface area contributed by atoms with Crippen LogP contribution in [0.3, 0.4) is 0 Å². The van der Waals surface area contributed by atoms with E-state index in [1.54, 1.807) is 29.2 Å². The number of pyridine rings is 1. The number of H-pyrrole nitrogens is 1. The third-order valence-corrected chi connectivity index (χ3v) is 4.41. The molecule has 3 rings (SSSR count). The van der Waals surface area contributed by atoms with Crippen LogP contribution in [0.5, 0.6) is 0 Å². The molecule has 0 radical (unpaired) electrons. The van der Waals surface area contributed by atoms with Crippen molar-refractivity contribution in [2.75, 3.05) is 6.54 Å². The molecule has 0 atom stereocenters. The number of nitrogens with zero attached hydrogens (tertiary/aromatic N) is 1. The minimum atomic E-state index is -0.165. The SMILES string of the molecule is CC(C)CN(Cc1cc2ccccc2[nH]c1=O)C(=O)c1ccc(Cl)cc1. The topological polar surface area (TPSA) is 53.2 Å². The number of amides is 1. The van der Waals surface area contributed by atoms with Gasteiger partial charge in [0, 0.05) is 28.2 Å². The molecule has 0 aliphatic rings. The highest BCUT2D eigenvalue weighted by Gasteiger charge is 2.19. The van der Waals surface area contributed by atoms with E-state index in [0.717, 1.165) is 10.9 Å². The molecule has 0 saturated carbocycles. The Balaban J connectivity index is 1.93. The summed E-state index contributed by atoms with van der Waals surface area (Å²) in [6, 6.07) is 16.3. The number of hydrogen-bond donors (Lipinski definition) is 1. The van der Waals surface area contributed by atoms with Crippen LogP contribution in [0.4, 0.5) is 0 Å². The van der Waals surface area contributed by atoms with Crippen molar-refractivity contribution in [1.29, 1.82) is 0 Å². The molecule has 0 unspecified atom stereocenters. The van der Waals surface area contributed by atoms with Gasteiger partial charge in [-0.05, 0) is 47.7 Å². The lowest BCUT2D eigenvalue weighted by molar-refractivity contribution is 0.0722. The van der Waals surface area contributed by atoms with Crippen LogP contribution in [0.25, 0.3) is 10.9 Å². The average molecular weight is 369 g/mol. The maximum Gasteiger partial charge on any atom is 0.254 e. The number of benzene rings is 2. The zero-order valence-electron chi connectivity index (χ0n) is 14.8. The Bertz CT molecular complexity index is 977. The van der Waals surface area contributed by atoms with Crippen molar-refractivity contribution in [1.82, 2.24) is 9.88 Å². The number of aromatic amines is 1. The molecular weight excluding hydrogens is 348 g/mol. The first-order chi connectivity index (χ1) is 12.4. The van der Waals surface area contributed by atoms with Crippen molar-refractivity contribution in [3.63, 3.8) is 0 Å². The average Bonchev–Trinajstić information content (AvgIpc) is 2.61. The second kappa shape index (κ2) is 7.75. The highest BCUT2D eigenvalue weighted by atomic mass is 35.5. The van der Waals surface area contributed by atoms with E-state index in [0.29, 0.717) is 22.7 Å². The maximum atomic E-state index is 12.9. The molecule has 134 valence electrons. The maximum absolute atomic E-state index is 12.9. The highest BCUT2D eigenvalue weighted by molar-refractivity contribution is 6.30. The van der Waals surface area contributed by atoms with E-state index < -0.39 is 0 Å². The fourth-order valence-corrected chi connectivity index (χ4v) is 3.08. The molecule has 26 heavy (non-hydrogen) atoms. The number of fused-ring (bicyclic) bond motifs is 1. The lowest BCUT2D eigenvalue weighted by atomic mass is 10.1. The van der Waals surface area contributed by atoms with Crippen LogP contribution in [0.1, 0.15) is 29.8 Å². The van der Waals surface area contributed by atoms with Crippen LogP contribution in [0.2, 0.25) is 5.02 Å². The van der Waals surface area contributed by atoms with Gasteiger partial charge in [-0.15, -0.1) is 0 Å². The first kappa shape index (κ1) is 18.2. The minimum Gasteiger partial charge on any atom is -0.334 e. The molecule has 1 heterocycles. The van der Waals surface area contributed by atoms with Gasteiger partial charge in [-0.1, -0.05) is 43.6 Å². The standard InChI is InChI=1S/C21H21ClN2O2/c1-14(2)12-24(21(26)15-7-9-18(22)10-8-15)13-17-11-16-5-3-4-6-19(16)23-20(17)25/h3-11,14H,12-13H2,1-2H3,(H,23,25). The van der Waals surface area contributed by atoms with Crippen LogP contribution >= 0.6 is 11.6 Å². The van der Waals surface area contributed by atoms with E-state index in [-0.39, 0.29) is 23.9 Å². The second-order valence-electron chi connectivity index (χ2n) is 6.80. The fourth-order valence-electron chi connectivity index (χ4n) is 2.95. The van der Waals surface area contributed by atoms with Gasteiger partial charge in [0.05, 0.1) is 6.54 Å². The Labute approximate surface area is 157 Å². The Morgan fingerprint density at radius 3 is 2.50 bits per heavy atom. The largest absolute Gasteiger partial charge is 0.334 e. The molecule has 0 fully saturated rings. The zero-order chi connectivity index (χ0) is 18.7. The second-order valence-corrected chi connectivity index (χ2v) is 7.23. The van der Waals surface area contributed by atoms with Gasteiger partial charge in [0.25, 0.3) is 11.5 Å². The molecule has 0 spiro atoms. The van der Waals surface area contributed by atoms with E-state index in [1.165, 1.54) is 0 Å². The monoisotopic (exact) mass is 368 g/mol. The van der Waals surface area contributed by atoms with Crippen LogP contribution < -0.4 is 5.56 Å². The third kappa shape index (κ3) is 4.14. The van der Waals surface area contributed by atoms with Crippen LogP contribution in [0.15, 0.2) is 59.4 Å². The normalized spacial score (nSPS) is 11.1. The van der Waals surface area contributed by atoms with Crippen molar-refractivity contribution in [3.05, 3.63) is 81.1 Å². The first-order valence-corrected chi connectivity index (χ1v) is 8.97. The lowest BCUT2D eigenvalue weighted by Gasteiger charge is -2.24. The van der Waals surface area contributed by atoms with E-state index in [2.05, 4.69) is 4.98 Å². The Hall–Kier alpha value is -2.59. The highest BCUT2D eigenvalue weighted by Crippen LogP contribution is 2.16. The summed E-state index contributed by atoms with van der Waals surface area (Å²) in [7, 11) is 0. The van der Waals surface area contributed by atoms with Gasteiger partial charge in [0.2, 0.25) is 0 Å². The van der Waals surface area contributed by atoms with Crippen molar-refractivity contribution in [2.24, 2.45) is 5.92 Å². The fraction of sp³-hybridized carbons (Fsp3) is 0.238. The smallest absolute Gasteiger partial charge is 0.254 e. The van der Waals surface area contributed by atoms with Crippen LogP contribution in [-0.2, 0) is 6.54 Å². The van der Waals surface area contributed by atoms with Crippen molar-refractivity contribution >= 4 is 28.4 Å². The molecule has 0 saturated heterocycles. The van der Waals surface area contributed by atoms with Gasteiger partial charge >= 0.3 is 0 Å². The summed E-state index contributed by atoms with van der Waals surface area (Å²) < 4.78 is 0. The molecule has 3 aromatic rings. The summed E-state index contributed by atoms with van der Waals surface area (Å²) in [6.07, 6.45) is 0. The lowest BCUT2D eigenvalue weighted by Crippen LogP contribution is -2.35. The molecule has 1 aromatic heterocycles. The van der Waals surface area contributed by atoms with E-state index in [9.17, 15) is 9.59 Å². The van der Waals surface area contributed by atoms with Crippen LogP contribution in [0, 0.1) is 5.92 Å². The summed E-state index contributed by atoms with van der Waals surface area (Å²) >= 11 is 5.92. The summed E-state index contributed by atoms with van der Waals surface area (Å²) in [6.45, 7) is 4.92. The number of nitrogens with one attached hydrogen (secondary N) is 1. The first-order valence-electron chi connectivity index (χ1n) is 8.60. The molecule has 1 amide bonds. The van der Waals surface area contributed by atoms with Gasteiger partial charge in [0.15, 0.2) is 0 Å². The molecule has 2 aromatic carbocycles. The Kier molecular flexibility index (Phi) is 5.43. The summed E-state index contributed by atoms with van der Waals surface area (Å²) in [5, 5.41) is 1.54. The summed E-state index contributed by atoms with van der Waals surface area (Å²) in [4.78, 5) is 30.0. The number of carbonyl (C=O) groups excluding carboxylic acids is 1. The number of para-hydroxylation sites is 1. The Morgan fingerprint density at radius 2 is 1.81 bits per heavy atom. The summed E-state index contributed by atoms with van der Waals surface area (Å²) in [5.41, 5.74) is 1.76. The third-order valence-electron chi connectivity index (χ3n) is 4.16. The van der Waals surface area contributed by atoms with Crippen molar-refractivity contribution < 1.29 is 4.79 Å². The van der Waals surface area contributed by atoms with Gasteiger partial charge < -0.3 is 9.88 Å². The Morgan fingerprint density at radius 1 is 1.12 bits per heavy atom. The molecule has 1 N–H and O–H groups in total. The molecular formula is C21H21ClN2O2. The van der Waals surface area contributed by atoms with Gasteiger partial charge in [-0.2, -0.15) is 0 Å².